The van der Waals surface area contributed by atoms with Gasteiger partial charge in [0.2, 0.25) is 0 Å². The van der Waals surface area contributed by atoms with Gasteiger partial charge in [0.15, 0.2) is 0 Å². The van der Waals surface area contributed by atoms with Crippen LogP contribution in [0.2, 0.25) is 0 Å². The highest BCUT2D eigenvalue weighted by atomic mass is 16.5. The molecule has 0 aliphatic heterocycles. The van der Waals surface area contributed by atoms with Crippen molar-refractivity contribution < 1.29 is 9.53 Å². The quantitative estimate of drug-likeness (QED) is 0.490. The van der Waals surface area contributed by atoms with Gasteiger partial charge in [-0.1, -0.05) is 0 Å². The highest BCUT2D eigenvalue weighted by Gasteiger charge is 2.06. The molecular weight excluding hydrogens is 180 g/mol. The van der Waals surface area contributed by atoms with Crippen LogP contribution >= 0.6 is 0 Å². The van der Waals surface area contributed by atoms with Crippen molar-refractivity contribution in [1.29, 1.82) is 10.5 Å². The fraction of sp³-hybridized carbons (Fsp3) is 0.100. The third-order valence-electron chi connectivity index (χ3n) is 1.48. The zero-order valence-electron chi connectivity index (χ0n) is 7.44. The Morgan fingerprint density at radius 1 is 1.36 bits per heavy atom. The van der Waals surface area contributed by atoms with E-state index in [0.717, 1.165) is 0 Å². The van der Waals surface area contributed by atoms with Crippen molar-refractivity contribution in [1.82, 2.24) is 0 Å². The highest BCUT2D eigenvalue weighted by molar-refractivity contribution is 5.70. The number of carbonyl (C=O) groups excluding carboxylic acids is 1. The van der Waals surface area contributed by atoms with E-state index < -0.39 is 5.97 Å². The first kappa shape index (κ1) is 9.76. The Hall–Kier alpha value is -2.33. The van der Waals surface area contributed by atoms with Gasteiger partial charge in [0.1, 0.15) is 11.8 Å². The molecule has 0 unspecified atom stereocenters. The molecule has 0 spiro atoms. The Morgan fingerprint density at radius 2 is 2.07 bits per heavy atom. The molecule has 0 amide bonds. The van der Waals surface area contributed by atoms with Crippen LogP contribution in [0.15, 0.2) is 18.2 Å². The lowest BCUT2D eigenvalue weighted by atomic mass is 10.1. The number of hydrogen-bond acceptors (Lipinski definition) is 4. The Kier molecular flexibility index (Phi) is 2.83. The highest BCUT2D eigenvalue weighted by Crippen LogP contribution is 2.18. The fourth-order valence-corrected chi connectivity index (χ4v) is 0.931. The lowest BCUT2D eigenvalue weighted by molar-refractivity contribution is -0.131. The molecule has 0 saturated carbocycles. The maximum Gasteiger partial charge on any atom is 0.308 e. The van der Waals surface area contributed by atoms with Gasteiger partial charge in [0.25, 0.3) is 0 Å². The molecule has 68 valence electrons. The van der Waals surface area contributed by atoms with Crippen molar-refractivity contribution in [2.75, 3.05) is 0 Å². The number of rotatable bonds is 1. The summed E-state index contributed by atoms with van der Waals surface area (Å²) in [5, 5.41) is 17.3. The number of ether oxygens (including phenoxy) is 1. The SMILES string of the molecule is CC(=O)Oc1ccc(C#N)cc1C#N. The molecular formula is C10H6N2O2. The summed E-state index contributed by atoms with van der Waals surface area (Å²) in [5.41, 5.74) is 0.539. The second-order valence-corrected chi connectivity index (χ2v) is 2.53. The van der Waals surface area contributed by atoms with Crippen molar-refractivity contribution in [3.05, 3.63) is 29.3 Å². The number of hydrogen-bond donors (Lipinski definition) is 0. The number of carbonyl (C=O) groups is 1. The van der Waals surface area contributed by atoms with E-state index in [1.54, 1.807) is 0 Å². The van der Waals surface area contributed by atoms with Gasteiger partial charge in [-0.2, -0.15) is 10.5 Å². The summed E-state index contributed by atoms with van der Waals surface area (Å²) in [4.78, 5) is 10.6. The van der Waals surface area contributed by atoms with Crippen molar-refractivity contribution in [3.8, 4) is 17.9 Å². The molecule has 0 N–H and O–H groups in total. The van der Waals surface area contributed by atoms with Gasteiger partial charge in [-0.05, 0) is 18.2 Å². The molecule has 0 fully saturated rings. The normalized spacial score (nSPS) is 8.50. The third kappa shape index (κ3) is 2.09. The molecule has 0 radical (unpaired) electrons. The van der Waals surface area contributed by atoms with Crippen LogP contribution in [0.1, 0.15) is 18.1 Å². The third-order valence-corrected chi connectivity index (χ3v) is 1.48. The van der Waals surface area contributed by atoms with E-state index in [9.17, 15) is 4.79 Å². The first-order valence-corrected chi connectivity index (χ1v) is 3.80. The minimum absolute atomic E-state index is 0.180. The van der Waals surface area contributed by atoms with E-state index in [1.165, 1.54) is 25.1 Å². The summed E-state index contributed by atoms with van der Waals surface area (Å²) in [6.07, 6.45) is 0. The predicted molar refractivity (Wildman–Crippen MR) is 47.2 cm³/mol. The smallest absolute Gasteiger partial charge is 0.308 e. The minimum atomic E-state index is -0.494. The number of nitriles is 2. The monoisotopic (exact) mass is 186 g/mol. The summed E-state index contributed by atoms with van der Waals surface area (Å²) in [5.74, 6) is -0.315. The molecule has 0 atom stereocenters. The molecule has 0 heterocycles. The van der Waals surface area contributed by atoms with Gasteiger partial charge in [0, 0.05) is 6.92 Å². The summed E-state index contributed by atoms with van der Waals surface area (Å²) in [7, 11) is 0. The van der Waals surface area contributed by atoms with E-state index in [4.69, 9.17) is 15.3 Å². The van der Waals surface area contributed by atoms with Crippen LogP contribution in [0, 0.1) is 22.7 Å². The Morgan fingerprint density at radius 3 is 2.57 bits per heavy atom. The van der Waals surface area contributed by atoms with Crippen molar-refractivity contribution in [2.24, 2.45) is 0 Å². The first-order chi connectivity index (χ1) is 6.67. The van der Waals surface area contributed by atoms with Crippen molar-refractivity contribution in [3.63, 3.8) is 0 Å². The summed E-state index contributed by atoms with van der Waals surface area (Å²) >= 11 is 0. The summed E-state index contributed by atoms with van der Waals surface area (Å²) in [6.45, 7) is 1.25. The molecule has 0 aliphatic rings. The van der Waals surface area contributed by atoms with E-state index in [-0.39, 0.29) is 11.3 Å². The Balaban J connectivity index is 3.15. The number of nitrogens with zero attached hydrogens (tertiary/aromatic N) is 2. The Labute approximate surface area is 81.0 Å². The molecule has 1 rings (SSSR count). The van der Waals surface area contributed by atoms with E-state index >= 15 is 0 Å². The van der Waals surface area contributed by atoms with E-state index in [1.807, 2.05) is 12.1 Å². The first-order valence-electron chi connectivity index (χ1n) is 3.80. The van der Waals surface area contributed by atoms with Crippen LogP contribution in [0.25, 0.3) is 0 Å². The average Bonchev–Trinajstić information content (AvgIpc) is 2.17. The molecule has 4 heteroatoms. The molecule has 1 aromatic carbocycles. The zero-order valence-corrected chi connectivity index (χ0v) is 7.44. The average molecular weight is 186 g/mol. The van der Waals surface area contributed by atoms with Gasteiger partial charge in [-0.3, -0.25) is 4.79 Å². The molecule has 1 aromatic rings. The lowest BCUT2D eigenvalue weighted by Gasteiger charge is -2.02. The van der Waals surface area contributed by atoms with E-state index in [2.05, 4.69) is 0 Å². The molecule has 4 nitrogen and oxygen atoms in total. The van der Waals surface area contributed by atoms with Gasteiger partial charge >= 0.3 is 5.97 Å². The van der Waals surface area contributed by atoms with Crippen LogP contribution in [0.4, 0.5) is 0 Å². The predicted octanol–water partition coefficient (Wildman–Crippen LogP) is 1.36. The molecule has 0 aromatic heterocycles. The maximum absolute atomic E-state index is 10.6. The van der Waals surface area contributed by atoms with Gasteiger partial charge in [-0.25, -0.2) is 0 Å². The molecule has 0 bridgehead atoms. The van der Waals surface area contributed by atoms with Crippen LogP contribution in [-0.2, 0) is 4.79 Å². The van der Waals surface area contributed by atoms with Crippen molar-refractivity contribution >= 4 is 5.97 Å². The topological polar surface area (TPSA) is 73.9 Å². The second-order valence-electron chi connectivity index (χ2n) is 2.53. The zero-order chi connectivity index (χ0) is 10.6. The number of benzene rings is 1. The second kappa shape index (κ2) is 4.06. The van der Waals surface area contributed by atoms with Gasteiger partial charge in [0.05, 0.1) is 17.2 Å². The summed E-state index contributed by atoms with van der Waals surface area (Å²) in [6, 6.07) is 8.03. The van der Waals surface area contributed by atoms with Crippen LogP contribution in [0.3, 0.4) is 0 Å². The standard InChI is InChI=1S/C10H6N2O2/c1-7(13)14-10-3-2-8(5-11)4-9(10)6-12/h2-4H,1H3. The lowest BCUT2D eigenvalue weighted by Crippen LogP contribution is -2.03. The van der Waals surface area contributed by atoms with Crippen LogP contribution in [-0.4, -0.2) is 5.97 Å². The maximum atomic E-state index is 10.6. The number of esters is 1. The Bertz CT molecular complexity index is 452. The molecule has 0 aliphatic carbocycles. The summed E-state index contributed by atoms with van der Waals surface area (Å²) < 4.78 is 4.76. The van der Waals surface area contributed by atoms with Crippen molar-refractivity contribution in [2.45, 2.75) is 6.92 Å². The fourth-order valence-electron chi connectivity index (χ4n) is 0.931. The molecule has 14 heavy (non-hydrogen) atoms. The van der Waals surface area contributed by atoms with Crippen LogP contribution < -0.4 is 4.74 Å². The van der Waals surface area contributed by atoms with Crippen LogP contribution in [0.5, 0.6) is 5.75 Å². The van der Waals surface area contributed by atoms with E-state index in [0.29, 0.717) is 5.56 Å². The largest absolute Gasteiger partial charge is 0.425 e. The minimum Gasteiger partial charge on any atom is -0.425 e. The van der Waals surface area contributed by atoms with Gasteiger partial charge < -0.3 is 4.74 Å². The molecule has 0 saturated heterocycles. The van der Waals surface area contributed by atoms with Gasteiger partial charge in [-0.15, -0.1) is 0 Å².